The van der Waals surface area contributed by atoms with Crippen molar-refractivity contribution in [1.29, 1.82) is 0 Å². The Morgan fingerprint density at radius 2 is 1.67 bits per heavy atom. The molecule has 0 saturated heterocycles. The summed E-state index contributed by atoms with van der Waals surface area (Å²) < 4.78 is 32.8. The van der Waals surface area contributed by atoms with Gasteiger partial charge in [0.05, 0.1) is 23.8 Å². The highest BCUT2D eigenvalue weighted by atomic mass is 32.2. The van der Waals surface area contributed by atoms with Gasteiger partial charge in [0.1, 0.15) is 0 Å². The van der Waals surface area contributed by atoms with Gasteiger partial charge in [0.25, 0.3) is 10.0 Å². The molecule has 1 aliphatic heterocycles. The molecule has 0 spiro atoms. The van der Waals surface area contributed by atoms with Crippen LogP contribution < -0.4 is 0 Å². The lowest BCUT2D eigenvalue weighted by Crippen LogP contribution is -2.42. The normalized spacial score (nSPS) is 18.0. The van der Waals surface area contributed by atoms with Crippen molar-refractivity contribution in [1.82, 2.24) is 4.41 Å². The summed E-state index contributed by atoms with van der Waals surface area (Å²) in [6, 6.07) is 17.3. The molecular formula is C23H26N2O4S. The Balaban J connectivity index is 2.04. The highest BCUT2D eigenvalue weighted by Gasteiger charge is 2.49. The summed E-state index contributed by atoms with van der Waals surface area (Å²) in [5.74, 6) is -0.493. The number of methoxy groups -OCH3 is 1. The average Bonchev–Trinajstić information content (AvgIpc) is 3.03. The van der Waals surface area contributed by atoms with Gasteiger partial charge in [-0.3, -0.25) is 0 Å². The van der Waals surface area contributed by atoms with Crippen LogP contribution in [0.4, 0.5) is 0 Å². The molecular weight excluding hydrogens is 400 g/mol. The monoisotopic (exact) mass is 426 g/mol. The van der Waals surface area contributed by atoms with Gasteiger partial charge in [0, 0.05) is 11.0 Å². The zero-order chi connectivity index (χ0) is 21.9. The molecule has 6 nitrogen and oxygen atoms in total. The molecule has 158 valence electrons. The Labute approximate surface area is 177 Å². The van der Waals surface area contributed by atoms with Crippen LogP contribution in [0.5, 0.6) is 0 Å². The van der Waals surface area contributed by atoms with Crippen LogP contribution >= 0.6 is 0 Å². The van der Waals surface area contributed by atoms with Crippen LogP contribution in [-0.4, -0.2) is 37.7 Å². The number of hydrazone groups is 1. The van der Waals surface area contributed by atoms with Gasteiger partial charge in [-0.2, -0.15) is 17.9 Å². The first-order valence-electron chi connectivity index (χ1n) is 9.69. The summed E-state index contributed by atoms with van der Waals surface area (Å²) in [5, 5.41) is 4.60. The van der Waals surface area contributed by atoms with Gasteiger partial charge in [-0.1, -0.05) is 69.0 Å². The number of carbonyl (C=O) groups excluding carboxylic acids is 1. The Morgan fingerprint density at radius 1 is 1.10 bits per heavy atom. The van der Waals surface area contributed by atoms with Gasteiger partial charge in [-0.05, 0) is 30.5 Å². The number of hydrogen-bond donors (Lipinski definition) is 0. The zero-order valence-electron chi connectivity index (χ0n) is 17.4. The van der Waals surface area contributed by atoms with Gasteiger partial charge in [-0.25, -0.2) is 4.79 Å². The van der Waals surface area contributed by atoms with E-state index in [9.17, 15) is 13.2 Å². The van der Waals surface area contributed by atoms with Crippen molar-refractivity contribution >= 4 is 21.7 Å². The fourth-order valence-electron chi connectivity index (χ4n) is 3.71. The molecule has 0 radical (unpaired) electrons. The fraction of sp³-hybridized carbons (Fsp3) is 0.304. The number of rotatable bonds is 7. The molecule has 0 aromatic heterocycles. The molecule has 1 heterocycles. The van der Waals surface area contributed by atoms with Crippen molar-refractivity contribution in [2.45, 2.75) is 37.6 Å². The molecule has 0 amide bonds. The Bertz CT molecular complexity index is 1060. The van der Waals surface area contributed by atoms with E-state index in [1.165, 1.54) is 11.5 Å². The third kappa shape index (κ3) is 4.03. The molecule has 0 bridgehead atoms. The molecule has 0 unspecified atom stereocenters. The molecule has 2 aromatic rings. The average molecular weight is 427 g/mol. The molecule has 0 aliphatic carbocycles. The second-order valence-corrected chi connectivity index (χ2v) is 9.57. The van der Waals surface area contributed by atoms with Crippen LogP contribution in [0.1, 0.15) is 32.3 Å². The van der Waals surface area contributed by atoms with Crippen LogP contribution in [0.2, 0.25) is 0 Å². The molecule has 3 rings (SSSR count). The van der Waals surface area contributed by atoms with Gasteiger partial charge in [-0.15, -0.1) is 0 Å². The van der Waals surface area contributed by atoms with E-state index in [1.807, 2.05) is 44.2 Å². The highest BCUT2D eigenvalue weighted by Crippen LogP contribution is 2.42. The maximum atomic E-state index is 13.4. The lowest BCUT2D eigenvalue weighted by atomic mass is 9.76. The van der Waals surface area contributed by atoms with E-state index in [0.717, 1.165) is 5.56 Å². The topological polar surface area (TPSA) is 76.0 Å². The van der Waals surface area contributed by atoms with Gasteiger partial charge >= 0.3 is 5.97 Å². The van der Waals surface area contributed by atoms with Crippen molar-refractivity contribution in [3.63, 3.8) is 0 Å². The Hall–Kier alpha value is -2.93. The van der Waals surface area contributed by atoms with Crippen molar-refractivity contribution in [2.75, 3.05) is 7.11 Å². The smallest absolute Gasteiger partial charge is 0.333 e. The summed E-state index contributed by atoms with van der Waals surface area (Å²) >= 11 is 0. The quantitative estimate of drug-likeness (QED) is 0.495. The largest absolute Gasteiger partial charge is 0.466 e. The lowest BCUT2D eigenvalue weighted by Gasteiger charge is -2.32. The molecule has 1 atom stereocenters. The minimum absolute atomic E-state index is 0.177. The molecule has 2 aromatic carbocycles. The van der Waals surface area contributed by atoms with Crippen LogP contribution in [0.3, 0.4) is 0 Å². The number of benzene rings is 2. The molecule has 0 saturated carbocycles. The van der Waals surface area contributed by atoms with Crippen molar-refractivity contribution in [3.8, 4) is 0 Å². The molecule has 30 heavy (non-hydrogen) atoms. The molecule has 0 N–H and O–H groups in total. The van der Waals surface area contributed by atoms with E-state index in [2.05, 4.69) is 11.7 Å². The summed E-state index contributed by atoms with van der Waals surface area (Å²) in [5.41, 5.74) is 1.28. The van der Waals surface area contributed by atoms with Gasteiger partial charge in [0.2, 0.25) is 0 Å². The van der Waals surface area contributed by atoms with E-state index < -0.39 is 27.4 Å². The lowest BCUT2D eigenvalue weighted by molar-refractivity contribution is -0.136. The van der Waals surface area contributed by atoms with E-state index >= 15 is 0 Å². The number of nitrogens with zero attached hydrogens (tertiary/aromatic N) is 2. The van der Waals surface area contributed by atoms with Crippen molar-refractivity contribution in [2.24, 2.45) is 10.5 Å². The van der Waals surface area contributed by atoms with E-state index in [-0.39, 0.29) is 4.90 Å². The first kappa shape index (κ1) is 21.8. The van der Waals surface area contributed by atoms with Crippen molar-refractivity contribution in [3.05, 3.63) is 78.4 Å². The Morgan fingerprint density at radius 3 is 2.23 bits per heavy atom. The maximum Gasteiger partial charge on any atom is 0.333 e. The number of hydrogen-bond acceptors (Lipinski definition) is 5. The first-order chi connectivity index (χ1) is 14.2. The summed E-state index contributed by atoms with van der Waals surface area (Å²) in [6.07, 6.45) is 0.687. The third-order valence-corrected chi connectivity index (χ3v) is 7.13. The molecule has 0 fully saturated rings. The predicted molar refractivity (Wildman–Crippen MR) is 116 cm³/mol. The van der Waals surface area contributed by atoms with E-state index in [1.54, 1.807) is 30.3 Å². The second-order valence-electron chi connectivity index (χ2n) is 7.78. The van der Waals surface area contributed by atoms with Crippen LogP contribution in [0, 0.1) is 5.41 Å². The number of ether oxygens (including phenoxy) is 1. The third-order valence-electron chi connectivity index (χ3n) is 5.44. The van der Waals surface area contributed by atoms with Crippen LogP contribution in [-0.2, 0) is 19.6 Å². The number of sulfonamides is 1. The molecule has 1 aliphatic rings. The van der Waals surface area contributed by atoms with Gasteiger partial charge in [0.15, 0.2) is 0 Å². The Kier molecular flexibility index (Phi) is 6.12. The predicted octanol–water partition coefficient (Wildman–Crippen LogP) is 4.00. The number of carbonyl (C=O) groups is 1. The van der Waals surface area contributed by atoms with E-state index in [0.29, 0.717) is 24.1 Å². The molecule has 7 heteroatoms. The fourth-order valence-corrected chi connectivity index (χ4v) is 5.32. The van der Waals surface area contributed by atoms with Crippen molar-refractivity contribution < 1.29 is 17.9 Å². The first-order valence-corrected chi connectivity index (χ1v) is 11.1. The maximum absolute atomic E-state index is 13.4. The van der Waals surface area contributed by atoms with Crippen LogP contribution in [0.15, 0.2) is 82.8 Å². The minimum Gasteiger partial charge on any atom is -0.466 e. The highest BCUT2D eigenvalue weighted by molar-refractivity contribution is 7.89. The summed E-state index contributed by atoms with van der Waals surface area (Å²) in [6.45, 7) is 7.73. The standard InChI is InChI=1S/C23H26N2O4S/c1-17(22(26)29-4)15-16-20-23(2,3)21(18-11-7-5-8-12-18)24-25(20)30(27,28)19-13-9-6-10-14-19/h5-14,20H,1,15-16H2,2-4H3/t20-/m0/s1. The van der Waals surface area contributed by atoms with Crippen LogP contribution in [0.25, 0.3) is 0 Å². The number of esters is 1. The summed E-state index contributed by atoms with van der Waals surface area (Å²) in [4.78, 5) is 12.0. The summed E-state index contributed by atoms with van der Waals surface area (Å²) in [7, 11) is -2.57. The SMILES string of the molecule is C=C(CC[C@@H]1N(S(=O)(=O)c2ccccc2)N=C(c2ccccc2)C1(C)C)C(=O)OC. The second kappa shape index (κ2) is 8.44. The zero-order valence-corrected chi connectivity index (χ0v) is 18.2. The minimum atomic E-state index is -3.87. The van der Waals surface area contributed by atoms with Gasteiger partial charge < -0.3 is 4.74 Å². The van der Waals surface area contributed by atoms with E-state index in [4.69, 9.17) is 4.74 Å².